The molecule has 2 atom stereocenters. The molecule has 2 heterocycles. The van der Waals surface area contributed by atoms with Gasteiger partial charge in [0, 0.05) is 11.8 Å². The first-order valence-electron chi connectivity index (χ1n) is 6.00. The van der Waals surface area contributed by atoms with E-state index in [0.717, 1.165) is 0 Å². The van der Waals surface area contributed by atoms with Crippen LogP contribution in [0.15, 0.2) is 36.3 Å². The first kappa shape index (κ1) is 15.2. The van der Waals surface area contributed by atoms with Gasteiger partial charge in [-0.15, -0.1) is 0 Å². The molecule has 2 aliphatic rings. The Morgan fingerprint density at radius 1 is 1.36 bits per heavy atom. The molecule has 10 heteroatoms. The molecule has 0 fully saturated rings. The number of nitrogens with one attached hydrogen (secondary N) is 1. The molecule has 5 nitrogen and oxygen atoms in total. The van der Waals surface area contributed by atoms with E-state index >= 15 is 0 Å². The lowest BCUT2D eigenvalue weighted by molar-refractivity contribution is -0.0524. The van der Waals surface area contributed by atoms with Gasteiger partial charge in [-0.2, -0.15) is 21.6 Å². The number of allylic oxidation sites excluding steroid dienone is 2. The Morgan fingerprint density at radius 2 is 2.09 bits per heavy atom. The Bertz CT molecular complexity index is 789. The van der Waals surface area contributed by atoms with Gasteiger partial charge >= 0.3 is 15.6 Å². The lowest BCUT2D eigenvalue weighted by atomic mass is 9.90. The maximum Gasteiger partial charge on any atom is 0.534 e. The summed E-state index contributed by atoms with van der Waals surface area (Å²) in [6, 6.07) is 1.06. The third kappa shape index (κ3) is 2.44. The smallest absolute Gasteiger partial charge is 0.380 e. The minimum Gasteiger partial charge on any atom is -0.380 e. The van der Waals surface area contributed by atoms with E-state index in [0.29, 0.717) is 11.4 Å². The molecule has 2 unspecified atom stereocenters. The molecule has 3 rings (SSSR count). The largest absolute Gasteiger partial charge is 0.534 e. The van der Waals surface area contributed by atoms with Crippen LogP contribution in [0.5, 0.6) is 0 Å². The van der Waals surface area contributed by atoms with Crippen molar-refractivity contribution in [1.29, 1.82) is 0 Å². The molecular weight excluding hydrogens is 345 g/mol. The van der Waals surface area contributed by atoms with Crippen LogP contribution in [0.2, 0.25) is 5.02 Å². The van der Waals surface area contributed by atoms with Crippen molar-refractivity contribution in [2.24, 2.45) is 0 Å². The van der Waals surface area contributed by atoms with E-state index in [4.69, 9.17) is 11.6 Å². The predicted octanol–water partition coefficient (Wildman–Crippen LogP) is 2.93. The van der Waals surface area contributed by atoms with E-state index in [1.54, 1.807) is 6.08 Å². The molecule has 1 aromatic heterocycles. The van der Waals surface area contributed by atoms with Crippen molar-refractivity contribution >= 4 is 27.5 Å². The summed E-state index contributed by atoms with van der Waals surface area (Å²) in [7, 11) is -5.73. The van der Waals surface area contributed by atoms with Gasteiger partial charge in [0.15, 0.2) is 0 Å². The monoisotopic (exact) mass is 352 g/mol. The zero-order valence-electron chi connectivity index (χ0n) is 10.6. The first-order valence-corrected chi connectivity index (χ1v) is 7.79. The second-order valence-electron chi connectivity index (χ2n) is 4.68. The van der Waals surface area contributed by atoms with Crippen LogP contribution >= 0.6 is 11.6 Å². The summed E-state index contributed by atoms with van der Waals surface area (Å²) in [5.41, 5.74) is -5.02. The summed E-state index contributed by atoms with van der Waals surface area (Å²) in [6.45, 7) is 0. The van der Waals surface area contributed by atoms with Crippen LogP contribution in [0.25, 0.3) is 0 Å². The van der Waals surface area contributed by atoms with Gasteiger partial charge in [-0.3, -0.25) is 0 Å². The molecule has 0 saturated carbocycles. The Balaban J connectivity index is 2.00. The van der Waals surface area contributed by atoms with Crippen LogP contribution in [0.4, 0.5) is 19.0 Å². The van der Waals surface area contributed by atoms with Crippen molar-refractivity contribution in [1.82, 2.24) is 4.98 Å². The highest BCUT2D eigenvalue weighted by molar-refractivity contribution is 7.87. The molecule has 1 N–H and O–H groups in total. The topological polar surface area (TPSA) is 68.3 Å². The molecule has 0 spiro atoms. The minimum atomic E-state index is -5.73. The predicted molar refractivity (Wildman–Crippen MR) is 72.7 cm³/mol. The fourth-order valence-electron chi connectivity index (χ4n) is 2.36. The maximum absolute atomic E-state index is 12.5. The van der Waals surface area contributed by atoms with Crippen molar-refractivity contribution < 1.29 is 25.8 Å². The van der Waals surface area contributed by atoms with Gasteiger partial charge < -0.3 is 9.50 Å². The summed E-state index contributed by atoms with van der Waals surface area (Å²) >= 11 is 5.84. The average molecular weight is 353 g/mol. The number of fused-ring (bicyclic) bond motifs is 3. The molecular formula is C12H8ClF3N2O3S. The SMILES string of the molecule is O=S(=O)(OC1=CC=CC2Nc3ncc(Cl)cc3C12)C(F)(F)F. The average Bonchev–Trinajstić information content (AvgIpc) is 2.75. The van der Waals surface area contributed by atoms with E-state index in [-0.39, 0.29) is 10.8 Å². The molecule has 0 aromatic carbocycles. The van der Waals surface area contributed by atoms with Gasteiger partial charge in [0.2, 0.25) is 0 Å². The van der Waals surface area contributed by atoms with Gasteiger partial charge in [-0.05, 0) is 12.1 Å². The Morgan fingerprint density at radius 3 is 2.77 bits per heavy atom. The molecule has 1 aliphatic carbocycles. The Kier molecular flexibility index (Phi) is 3.37. The van der Waals surface area contributed by atoms with Crippen LogP contribution in [-0.2, 0) is 14.3 Å². The standard InChI is InChI=1S/C12H8ClF3N2O3S/c13-6-4-7-10-8(18-11(7)17-5-6)2-1-3-9(10)21-22(19,20)12(14,15)16/h1-5,8,10H,(H,17,18). The van der Waals surface area contributed by atoms with Gasteiger partial charge in [-0.25, -0.2) is 4.98 Å². The van der Waals surface area contributed by atoms with Crippen molar-refractivity contribution in [2.75, 3.05) is 5.32 Å². The Hall–Kier alpha value is -1.74. The lowest BCUT2D eigenvalue weighted by Gasteiger charge is -2.23. The van der Waals surface area contributed by atoms with Crippen LogP contribution in [0.1, 0.15) is 11.5 Å². The zero-order valence-corrected chi connectivity index (χ0v) is 12.2. The van der Waals surface area contributed by atoms with Gasteiger partial charge in [-0.1, -0.05) is 23.8 Å². The van der Waals surface area contributed by atoms with Gasteiger partial charge in [0.1, 0.15) is 11.6 Å². The summed E-state index contributed by atoms with van der Waals surface area (Å²) in [6.07, 6.45) is 5.66. The summed E-state index contributed by atoms with van der Waals surface area (Å²) in [5, 5.41) is 3.25. The lowest BCUT2D eigenvalue weighted by Crippen LogP contribution is -2.29. The summed E-state index contributed by atoms with van der Waals surface area (Å²) < 4.78 is 64.2. The molecule has 1 aromatic rings. The molecule has 0 amide bonds. The van der Waals surface area contributed by atoms with Crippen LogP contribution in [0, 0.1) is 0 Å². The van der Waals surface area contributed by atoms with Crippen molar-refractivity contribution in [3.05, 3.63) is 46.8 Å². The summed E-state index contributed by atoms with van der Waals surface area (Å²) in [4.78, 5) is 4.03. The second-order valence-corrected chi connectivity index (χ2v) is 6.65. The van der Waals surface area contributed by atoms with E-state index in [1.165, 1.54) is 24.4 Å². The second kappa shape index (κ2) is 4.88. The number of nitrogens with zero attached hydrogens (tertiary/aromatic N) is 1. The fourth-order valence-corrected chi connectivity index (χ4v) is 3.04. The van der Waals surface area contributed by atoms with Crippen LogP contribution in [-0.4, -0.2) is 25.0 Å². The first-order chi connectivity index (χ1) is 10.2. The van der Waals surface area contributed by atoms with Crippen LogP contribution < -0.4 is 5.32 Å². The molecule has 0 saturated heterocycles. The number of alkyl halides is 3. The number of aromatic nitrogens is 1. The molecule has 22 heavy (non-hydrogen) atoms. The van der Waals surface area contributed by atoms with Crippen molar-refractivity contribution in [3.8, 4) is 0 Å². The highest BCUT2D eigenvalue weighted by atomic mass is 35.5. The molecule has 118 valence electrons. The van der Waals surface area contributed by atoms with Gasteiger partial charge in [0.05, 0.1) is 17.0 Å². The molecule has 1 aliphatic heterocycles. The highest BCUT2D eigenvalue weighted by Gasteiger charge is 2.50. The minimum absolute atomic E-state index is 0.286. The van der Waals surface area contributed by atoms with E-state index in [9.17, 15) is 21.6 Å². The number of hydrogen-bond acceptors (Lipinski definition) is 5. The van der Waals surface area contributed by atoms with Crippen molar-refractivity contribution in [2.45, 2.75) is 17.5 Å². The number of halogens is 4. The van der Waals surface area contributed by atoms with Crippen molar-refractivity contribution in [3.63, 3.8) is 0 Å². The molecule has 0 bridgehead atoms. The zero-order chi connectivity index (χ0) is 16.1. The molecule has 0 radical (unpaired) electrons. The third-order valence-electron chi connectivity index (χ3n) is 3.26. The Labute approximate surface area is 128 Å². The third-order valence-corrected chi connectivity index (χ3v) is 4.44. The number of anilines is 1. The normalized spacial score (nSPS) is 23.4. The number of hydrogen-bond donors (Lipinski definition) is 1. The fraction of sp³-hybridized carbons (Fsp3) is 0.250. The van der Waals surface area contributed by atoms with E-state index in [1.807, 2.05) is 0 Å². The summed E-state index contributed by atoms with van der Waals surface area (Å²) in [5.74, 6) is -0.659. The highest BCUT2D eigenvalue weighted by Crippen LogP contribution is 2.44. The van der Waals surface area contributed by atoms with Crippen LogP contribution in [0.3, 0.4) is 0 Å². The van der Waals surface area contributed by atoms with E-state index < -0.39 is 27.6 Å². The quantitative estimate of drug-likeness (QED) is 0.654. The van der Waals surface area contributed by atoms with Gasteiger partial charge in [0.25, 0.3) is 0 Å². The number of rotatable bonds is 2. The number of pyridine rings is 1. The van der Waals surface area contributed by atoms with E-state index in [2.05, 4.69) is 14.5 Å². The maximum atomic E-state index is 12.5.